The van der Waals surface area contributed by atoms with Crippen LogP contribution >= 0.6 is 0 Å². The highest BCUT2D eigenvalue weighted by Gasteiger charge is 2.30. The van der Waals surface area contributed by atoms with Gasteiger partial charge in [-0.15, -0.1) is 0 Å². The van der Waals surface area contributed by atoms with Crippen molar-refractivity contribution < 1.29 is 9.53 Å². The van der Waals surface area contributed by atoms with E-state index < -0.39 is 0 Å². The number of amides is 1. The van der Waals surface area contributed by atoms with Crippen molar-refractivity contribution in [3.8, 4) is 0 Å². The van der Waals surface area contributed by atoms with Gasteiger partial charge in [-0.1, -0.05) is 6.92 Å². The van der Waals surface area contributed by atoms with Crippen LogP contribution in [-0.4, -0.2) is 41.2 Å². The van der Waals surface area contributed by atoms with Crippen molar-refractivity contribution in [2.45, 2.75) is 51.2 Å². The molecule has 1 aliphatic carbocycles. The second kappa shape index (κ2) is 6.00. The summed E-state index contributed by atoms with van der Waals surface area (Å²) in [5.41, 5.74) is 0.851. The molecule has 4 heteroatoms. The minimum Gasteiger partial charge on any atom is -0.376 e. The fourth-order valence-electron chi connectivity index (χ4n) is 2.95. The molecule has 1 saturated carbocycles. The Morgan fingerprint density at radius 3 is 3.00 bits per heavy atom. The van der Waals surface area contributed by atoms with Gasteiger partial charge in [0, 0.05) is 31.9 Å². The maximum absolute atomic E-state index is 12.7. The Labute approximate surface area is 120 Å². The lowest BCUT2D eigenvalue weighted by Crippen LogP contribution is -2.43. The van der Waals surface area contributed by atoms with Gasteiger partial charge >= 0.3 is 0 Å². The monoisotopic (exact) mass is 276 g/mol. The van der Waals surface area contributed by atoms with Gasteiger partial charge < -0.3 is 14.2 Å². The molecule has 2 heterocycles. The molecule has 2 fully saturated rings. The Bertz CT molecular complexity index is 465. The smallest absolute Gasteiger partial charge is 0.270 e. The number of piperidine rings is 1. The molecule has 1 unspecified atom stereocenters. The first kappa shape index (κ1) is 13.7. The number of rotatable bonds is 5. The molecule has 1 atom stereocenters. The minimum absolute atomic E-state index is 0.173. The summed E-state index contributed by atoms with van der Waals surface area (Å²) in [6, 6.07) is 4.50. The molecule has 1 aliphatic heterocycles. The number of likely N-dealkylation sites (tertiary alicyclic amines) is 1. The fraction of sp³-hybridized carbons (Fsp3) is 0.688. The number of aromatic nitrogens is 1. The molecule has 4 nitrogen and oxygen atoms in total. The van der Waals surface area contributed by atoms with Crippen LogP contribution in [0.4, 0.5) is 0 Å². The standard InChI is InChI=1S/C16H24N2O2/c1-2-11-20-14-5-3-9-17(12-14)16(19)15-6-4-10-18(15)13-7-8-13/h4,6,10,13-14H,2-3,5,7-9,11-12H2,1H3. The molecule has 0 radical (unpaired) electrons. The first-order valence-corrected chi connectivity index (χ1v) is 7.87. The molecule has 0 spiro atoms. The van der Waals surface area contributed by atoms with Gasteiger partial charge in [-0.3, -0.25) is 4.79 Å². The van der Waals surface area contributed by atoms with E-state index in [1.165, 1.54) is 12.8 Å². The van der Waals surface area contributed by atoms with Gasteiger partial charge in [0.15, 0.2) is 0 Å². The summed E-state index contributed by atoms with van der Waals surface area (Å²) in [5, 5.41) is 0. The summed E-state index contributed by atoms with van der Waals surface area (Å²) >= 11 is 0. The highest BCUT2D eigenvalue weighted by molar-refractivity contribution is 5.93. The number of hydrogen-bond donors (Lipinski definition) is 0. The first-order valence-electron chi connectivity index (χ1n) is 7.87. The number of ether oxygens (including phenoxy) is 1. The molecular formula is C16H24N2O2. The SMILES string of the molecule is CCCOC1CCCN(C(=O)c2cccn2C2CC2)C1. The number of hydrogen-bond acceptors (Lipinski definition) is 2. The van der Waals surface area contributed by atoms with Gasteiger partial charge in [-0.05, 0) is 44.2 Å². The van der Waals surface area contributed by atoms with E-state index in [4.69, 9.17) is 4.74 Å². The van der Waals surface area contributed by atoms with Crippen molar-refractivity contribution in [1.29, 1.82) is 0 Å². The number of carbonyl (C=O) groups is 1. The molecule has 20 heavy (non-hydrogen) atoms. The Kier molecular flexibility index (Phi) is 4.10. The Morgan fingerprint density at radius 2 is 2.25 bits per heavy atom. The summed E-state index contributed by atoms with van der Waals surface area (Å²) < 4.78 is 7.97. The van der Waals surface area contributed by atoms with Gasteiger partial charge in [0.25, 0.3) is 5.91 Å². The molecule has 1 amide bonds. The average molecular weight is 276 g/mol. The lowest BCUT2D eigenvalue weighted by Gasteiger charge is -2.32. The van der Waals surface area contributed by atoms with Crippen LogP contribution in [0.5, 0.6) is 0 Å². The molecular weight excluding hydrogens is 252 g/mol. The van der Waals surface area contributed by atoms with E-state index in [-0.39, 0.29) is 12.0 Å². The molecule has 1 aromatic heterocycles. The first-order chi connectivity index (χ1) is 9.79. The summed E-state index contributed by atoms with van der Waals surface area (Å²) in [5.74, 6) is 0.173. The summed E-state index contributed by atoms with van der Waals surface area (Å²) in [6.07, 6.45) is 7.83. The third-order valence-corrected chi connectivity index (χ3v) is 4.16. The predicted octanol–water partition coefficient (Wildman–Crippen LogP) is 2.85. The largest absolute Gasteiger partial charge is 0.376 e. The predicted molar refractivity (Wildman–Crippen MR) is 77.9 cm³/mol. The molecule has 0 aromatic carbocycles. The second-order valence-corrected chi connectivity index (χ2v) is 5.92. The van der Waals surface area contributed by atoms with Crippen LogP contribution in [0.2, 0.25) is 0 Å². The zero-order valence-electron chi connectivity index (χ0n) is 12.3. The molecule has 1 saturated heterocycles. The van der Waals surface area contributed by atoms with Gasteiger partial charge in [0.05, 0.1) is 6.10 Å². The van der Waals surface area contributed by atoms with Crippen LogP contribution in [0.1, 0.15) is 55.6 Å². The van der Waals surface area contributed by atoms with Crippen LogP contribution in [-0.2, 0) is 4.74 Å². The van der Waals surface area contributed by atoms with Crippen LogP contribution in [0.15, 0.2) is 18.3 Å². The fourth-order valence-corrected chi connectivity index (χ4v) is 2.95. The van der Waals surface area contributed by atoms with E-state index in [9.17, 15) is 4.79 Å². The number of carbonyl (C=O) groups excluding carboxylic acids is 1. The van der Waals surface area contributed by atoms with Gasteiger partial charge in [-0.2, -0.15) is 0 Å². The molecule has 0 N–H and O–H groups in total. The van der Waals surface area contributed by atoms with Crippen LogP contribution < -0.4 is 0 Å². The summed E-state index contributed by atoms with van der Waals surface area (Å²) in [6.45, 7) is 4.52. The van der Waals surface area contributed by atoms with Crippen molar-refractivity contribution >= 4 is 5.91 Å². The Hall–Kier alpha value is -1.29. The van der Waals surface area contributed by atoms with E-state index in [0.717, 1.165) is 44.7 Å². The molecule has 110 valence electrons. The van der Waals surface area contributed by atoms with E-state index in [1.807, 2.05) is 23.2 Å². The van der Waals surface area contributed by atoms with Gasteiger partial charge in [0.2, 0.25) is 0 Å². The highest BCUT2D eigenvalue weighted by atomic mass is 16.5. The third kappa shape index (κ3) is 2.90. The maximum Gasteiger partial charge on any atom is 0.270 e. The van der Waals surface area contributed by atoms with Crippen molar-refractivity contribution in [2.75, 3.05) is 19.7 Å². The van der Waals surface area contributed by atoms with E-state index in [0.29, 0.717) is 6.04 Å². The van der Waals surface area contributed by atoms with Gasteiger partial charge in [0.1, 0.15) is 5.69 Å². The average Bonchev–Trinajstić information content (AvgIpc) is 3.22. The quantitative estimate of drug-likeness (QED) is 0.829. The Balaban J connectivity index is 1.65. The zero-order chi connectivity index (χ0) is 13.9. The molecule has 3 rings (SSSR count). The third-order valence-electron chi connectivity index (χ3n) is 4.16. The summed E-state index contributed by atoms with van der Waals surface area (Å²) in [7, 11) is 0. The summed E-state index contributed by atoms with van der Waals surface area (Å²) in [4.78, 5) is 14.7. The number of nitrogens with zero attached hydrogens (tertiary/aromatic N) is 2. The van der Waals surface area contributed by atoms with Crippen molar-refractivity contribution in [2.24, 2.45) is 0 Å². The lowest BCUT2D eigenvalue weighted by atomic mass is 10.1. The van der Waals surface area contributed by atoms with E-state index in [2.05, 4.69) is 11.5 Å². The van der Waals surface area contributed by atoms with E-state index in [1.54, 1.807) is 0 Å². The van der Waals surface area contributed by atoms with Crippen LogP contribution in [0.25, 0.3) is 0 Å². The minimum atomic E-state index is 0.173. The van der Waals surface area contributed by atoms with Gasteiger partial charge in [-0.25, -0.2) is 0 Å². The maximum atomic E-state index is 12.7. The topological polar surface area (TPSA) is 34.5 Å². The normalized spacial score (nSPS) is 23.1. The van der Waals surface area contributed by atoms with E-state index >= 15 is 0 Å². The molecule has 2 aliphatic rings. The Morgan fingerprint density at radius 1 is 1.40 bits per heavy atom. The lowest BCUT2D eigenvalue weighted by molar-refractivity contribution is 0.00177. The van der Waals surface area contributed by atoms with Crippen molar-refractivity contribution in [1.82, 2.24) is 9.47 Å². The van der Waals surface area contributed by atoms with Crippen LogP contribution in [0, 0.1) is 0 Å². The van der Waals surface area contributed by atoms with Crippen molar-refractivity contribution in [3.63, 3.8) is 0 Å². The molecule has 0 bridgehead atoms. The second-order valence-electron chi connectivity index (χ2n) is 5.92. The zero-order valence-corrected chi connectivity index (χ0v) is 12.3. The molecule has 1 aromatic rings. The highest BCUT2D eigenvalue weighted by Crippen LogP contribution is 2.36. The van der Waals surface area contributed by atoms with Crippen molar-refractivity contribution in [3.05, 3.63) is 24.0 Å². The van der Waals surface area contributed by atoms with Crippen LogP contribution in [0.3, 0.4) is 0 Å².